The Kier molecular flexibility index (Phi) is 6.80. The number of pyridine rings is 1. The predicted octanol–water partition coefficient (Wildman–Crippen LogP) is 4.06. The first-order chi connectivity index (χ1) is 18.4. The lowest BCUT2D eigenvalue weighted by Gasteiger charge is -2.19. The van der Waals surface area contributed by atoms with Crippen LogP contribution in [0.2, 0.25) is 0 Å². The van der Waals surface area contributed by atoms with E-state index in [4.69, 9.17) is 16.1 Å². The van der Waals surface area contributed by atoms with Gasteiger partial charge in [-0.2, -0.15) is 0 Å². The molecule has 0 radical (unpaired) electrons. The summed E-state index contributed by atoms with van der Waals surface area (Å²) in [6.07, 6.45) is 4.61. The minimum Gasteiger partial charge on any atom is -0.387 e. The standard InChI is InChI=1S/C28H25N7O2S/c1-17(32-26(30)21(13-29)23-14-31-16-38-23)27-33-22-10-6-9-20(18-11-12-24(36)34(2)15-18)25(22)28(37)35(27)19-7-4-3-5-8-19/h3-17,21,29H,1-2H3,(H2,30,32). The molecule has 0 aliphatic rings. The summed E-state index contributed by atoms with van der Waals surface area (Å²) in [5, 5.41) is 8.30. The molecule has 10 heteroatoms. The Bertz CT molecular complexity index is 1770. The van der Waals surface area contributed by atoms with Gasteiger partial charge in [-0.3, -0.25) is 24.1 Å². The van der Waals surface area contributed by atoms with E-state index in [-0.39, 0.29) is 17.0 Å². The van der Waals surface area contributed by atoms with Gasteiger partial charge < -0.3 is 15.7 Å². The molecule has 38 heavy (non-hydrogen) atoms. The topological polar surface area (TPSA) is 132 Å². The van der Waals surface area contributed by atoms with E-state index >= 15 is 0 Å². The van der Waals surface area contributed by atoms with Gasteiger partial charge in [-0.1, -0.05) is 30.3 Å². The number of fused-ring (bicyclic) bond motifs is 1. The number of nitrogens with two attached hydrogens (primary N) is 1. The maximum Gasteiger partial charge on any atom is 0.266 e. The zero-order valence-corrected chi connectivity index (χ0v) is 21.6. The molecule has 3 heterocycles. The minimum atomic E-state index is -0.594. The quantitative estimate of drug-likeness (QED) is 0.245. The van der Waals surface area contributed by atoms with Gasteiger partial charge in [-0.15, -0.1) is 11.3 Å². The predicted molar refractivity (Wildman–Crippen MR) is 152 cm³/mol. The molecule has 9 nitrogen and oxygen atoms in total. The molecule has 0 saturated carbocycles. The van der Waals surface area contributed by atoms with Gasteiger partial charge in [0.05, 0.1) is 28.0 Å². The van der Waals surface area contributed by atoms with Crippen LogP contribution in [-0.4, -0.2) is 31.2 Å². The van der Waals surface area contributed by atoms with E-state index in [1.165, 1.54) is 28.2 Å². The van der Waals surface area contributed by atoms with Gasteiger partial charge in [0.25, 0.3) is 5.56 Å². The Morgan fingerprint density at radius 2 is 1.89 bits per heavy atom. The number of hydrogen-bond acceptors (Lipinski definition) is 7. The summed E-state index contributed by atoms with van der Waals surface area (Å²) in [7, 11) is 1.67. The summed E-state index contributed by atoms with van der Waals surface area (Å²) in [6, 6.07) is 17.3. The number of benzene rings is 2. The zero-order chi connectivity index (χ0) is 26.8. The van der Waals surface area contributed by atoms with Gasteiger partial charge in [0, 0.05) is 36.6 Å². The number of aromatic nitrogens is 4. The summed E-state index contributed by atoms with van der Waals surface area (Å²) >= 11 is 1.40. The molecule has 0 aliphatic heterocycles. The number of amidine groups is 1. The molecule has 190 valence electrons. The van der Waals surface area contributed by atoms with E-state index < -0.39 is 12.0 Å². The molecule has 5 aromatic rings. The second kappa shape index (κ2) is 10.3. The first-order valence-electron chi connectivity index (χ1n) is 11.9. The lowest BCUT2D eigenvalue weighted by Crippen LogP contribution is -2.27. The van der Waals surface area contributed by atoms with Gasteiger partial charge in [0.1, 0.15) is 17.7 Å². The van der Waals surface area contributed by atoms with E-state index in [0.717, 1.165) is 10.4 Å². The van der Waals surface area contributed by atoms with Crippen LogP contribution < -0.4 is 16.9 Å². The first-order valence-corrected chi connectivity index (χ1v) is 12.8. The summed E-state index contributed by atoms with van der Waals surface area (Å²) in [5.74, 6) is 0.144. The van der Waals surface area contributed by atoms with Gasteiger partial charge in [0.2, 0.25) is 5.56 Å². The Morgan fingerprint density at radius 1 is 1.11 bits per heavy atom. The van der Waals surface area contributed by atoms with Crippen LogP contribution in [0, 0.1) is 5.41 Å². The number of para-hydroxylation sites is 1. The highest BCUT2D eigenvalue weighted by Crippen LogP contribution is 2.28. The molecule has 0 fully saturated rings. The molecule has 0 aliphatic carbocycles. The molecule has 2 unspecified atom stereocenters. The van der Waals surface area contributed by atoms with Gasteiger partial charge in [-0.05, 0) is 42.3 Å². The van der Waals surface area contributed by atoms with Crippen LogP contribution in [0.5, 0.6) is 0 Å². The fourth-order valence-electron chi connectivity index (χ4n) is 4.40. The number of nitrogens with one attached hydrogen (secondary N) is 1. The highest BCUT2D eigenvalue weighted by Gasteiger charge is 2.22. The molecule has 5 rings (SSSR count). The average Bonchev–Trinajstić information content (AvgIpc) is 3.45. The highest BCUT2D eigenvalue weighted by atomic mass is 32.1. The van der Waals surface area contributed by atoms with Crippen molar-refractivity contribution >= 4 is 34.3 Å². The minimum absolute atomic E-state index is 0.137. The fourth-order valence-corrected chi connectivity index (χ4v) is 5.10. The van der Waals surface area contributed by atoms with Crippen molar-refractivity contribution in [1.29, 1.82) is 5.41 Å². The summed E-state index contributed by atoms with van der Waals surface area (Å²) < 4.78 is 3.04. The van der Waals surface area contributed by atoms with Crippen LogP contribution in [0.25, 0.3) is 27.7 Å². The lowest BCUT2D eigenvalue weighted by atomic mass is 10.0. The number of aryl methyl sites for hydroxylation is 1. The number of hydrogen-bond donors (Lipinski definition) is 2. The monoisotopic (exact) mass is 523 g/mol. The Hall–Kier alpha value is -4.70. The van der Waals surface area contributed by atoms with E-state index in [0.29, 0.717) is 28.0 Å². The molecular weight excluding hydrogens is 498 g/mol. The second-order valence-corrected chi connectivity index (χ2v) is 9.71. The van der Waals surface area contributed by atoms with Crippen LogP contribution in [0.4, 0.5) is 0 Å². The molecule has 2 aromatic carbocycles. The van der Waals surface area contributed by atoms with Gasteiger partial charge in [0.15, 0.2) is 0 Å². The van der Waals surface area contributed by atoms with Crippen LogP contribution in [-0.2, 0) is 7.05 Å². The highest BCUT2D eigenvalue weighted by molar-refractivity contribution is 7.10. The van der Waals surface area contributed by atoms with Crippen molar-refractivity contribution < 1.29 is 0 Å². The summed E-state index contributed by atoms with van der Waals surface area (Å²) in [6.45, 7) is 1.82. The number of aliphatic imine (C=N–C) groups is 1. The molecule has 0 saturated heterocycles. The Balaban J connectivity index is 1.74. The van der Waals surface area contributed by atoms with E-state index in [2.05, 4.69) is 9.98 Å². The largest absolute Gasteiger partial charge is 0.387 e. The Labute approximate surface area is 222 Å². The zero-order valence-electron chi connectivity index (χ0n) is 20.8. The van der Waals surface area contributed by atoms with Crippen LogP contribution in [0.15, 0.2) is 93.1 Å². The third-order valence-corrected chi connectivity index (χ3v) is 7.15. The summed E-state index contributed by atoms with van der Waals surface area (Å²) in [4.78, 5) is 40.6. The van der Waals surface area contributed by atoms with Crippen LogP contribution >= 0.6 is 11.3 Å². The third-order valence-electron chi connectivity index (χ3n) is 6.29. The van der Waals surface area contributed by atoms with E-state index in [1.54, 1.807) is 41.7 Å². The van der Waals surface area contributed by atoms with Crippen molar-refractivity contribution in [3.05, 3.63) is 110 Å². The van der Waals surface area contributed by atoms with Crippen molar-refractivity contribution in [3.8, 4) is 16.8 Å². The van der Waals surface area contributed by atoms with Crippen LogP contribution in [0.1, 0.15) is 29.6 Å². The first kappa shape index (κ1) is 25.0. The number of thiazole rings is 1. The number of nitrogens with zero attached hydrogens (tertiary/aromatic N) is 5. The van der Waals surface area contributed by atoms with Crippen molar-refractivity contribution in [2.24, 2.45) is 17.8 Å². The smallest absolute Gasteiger partial charge is 0.266 e. The van der Waals surface area contributed by atoms with Crippen molar-refractivity contribution in [3.63, 3.8) is 0 Å². The van der Waals surface area contributed by atoms with Gasteiger partial charge in [-0.25, -0.2) is 4.98 Å². The van der Waals surface area contributed by atoms with Crippen molar-refractivity contribution in [1.82, 2.24) is 19.1 Å². The van der Waals surface area contributed by atoms with Gasteiger partial charge >= 0.3 is 0 Å². The molecule has 0 spiro atoms. The molecule has 3 N–H and O–H groups in total. The number of rotatable bonds is 7. The van der Waals surface area contributed by atoms with Crippen molar-refractivity contribution in [2.45, 2.75) is 18.9 Å². The summed E-state index contributed by atoms with van der Waals surface area (Å²) in [5.41, 5.74) is 10.2. The second-order valence-electron chi connectivity index (χ2n) is 8.79. The third kappa shape index (κ3) is 4.57. The van der Waals surface area contributed by atoms with E-state index in [1.807, 2.05) is 49.4 Å². The molecule has 2 atom stereocenters. The fraction of sp³-hybridized carbons (Fsp3) is 0.143. The average molecular weight is 524 g/mol. The Morgan fingerprint density at radius 3 is 2.58 bits per heavy atom. The lowest BCUT2D eigenvalue weighted by molar-refractivity contribution is 0.695. The SMILES string of the molecule is CC(N=C(N)C(C=N)c1cncs1)c1nc2cccc(-c3ccc(=O)n(C)c3)c2c(=O)n1-c1ccccc1. The van der Waals surface area contributed by atoms with Crippen LogP contribution in [0.3, 0.4) is 0 Å². The van der Waals surface area contributed by atoms with Crippen molar-refractivity contribution in [2.75, 3.05) is 0 Å². The van der Waals surface area contributed by atoms with E-state index in [9.17, 15) is 9.59 Å². The molecule has 3 aromatic heterocycles. The molecular formula is C28H25N7O2S. The molecule has 0 bridgehead atoms. The maximum absolute atomic E-state index is 14.2. The normalized spacial score (nSPS) is 13.4. The molecule has 0 amide bonds. The maximum atomic E-state index is 14.2.